The van der Waals surface area contributed by atoms with Gasteiger partial charge in [-0.05, 0) is 107 Å². The van der Waals surface area contributed by atoms with Gasteiger partial charge < -0.3 is 13.9 Å². The van der Waals surface area contributed by atoms with E-state index in [1.165, 1.54) is 60.8 Å². The second kappa shape index (κ2) is 13.0. The summed E-state index contributed by atoms with van der Waals surface area (Å²) in [4.78, 5) is 2.41. The van der Waals surface area contributed by atoms with E-state index in [1.807, 2.05) is 6.07 Å². The molecule has 0 saturated carbocycles. The lowest BCUT2D eigenvalue weighted by atomic mass is 9.67. The number of nitrogens with zero attached hydrogens (tertiary/aromatic N) is 2. The molecule has 11 aromatic rings. The number of anilines is 3. The Morgan fingerprint density at radius 3 is 1.90 bits per heavy atom. The zero-order chi connectivity index (χ0) is 39.1. The number of hydrogen-bond donors (Lipinski definition) is 0. The van der Waals surface area contributed by atoms with Crippen molar-refractivity contribution in [2.45, 2.75) is 12.3 Å². The molecule has 0 spiro atoms. The topological polar surface area (TPSA) is 21.3 Å². The van der Waals surface area contributed by atoms with Crippen molar-refractivity contribution in [3.63, 3.8) is 0 Å². The van der Waals surface area contributed by atoms with Crippen molar-refractivity contribution >= 4 is 60.8 Å². The summed E-state index contributed by atoms with van der Waals surface area (Å²) in [5, 5.41) is 4.64. The van der Waals surface area contributed by atoms with E-state index in [0.717, 1.165) is 44.7 Å². The summed E-state index contributed by atoms with van der Waals surface area (Å²) in [7, 11) is 0. The number of fused-ring (bicyclic) bond motifs is 9. The first-order chi connectivity index (χ1) is 29.2. The van der Waals surface area contributed by atoms with Gasteiger partial charge in [-0.3, -0.25) is 0 Å². The van der Waals surface area contributed by atoms with E-state index in [0.29, 0.717) is 0 Å². The van der Waals surface area contributed by atoms with Crippen LogP contribution < -0.4 is 4.90 Å². The minimum atomic E-state index is -0.531. The highest BCUT2D eigenvalue weighted by Gasteiger charge is 2.46. The van der Waals surface area contributed by atoms with Crippen LogP contribution in [-0.2, 0) is 5.41 Å². The van der Waals surface area contributed by atoms with Crippen LogP contribution in [0.25, 0.3) is 60.6 Å². The van der Waals surface area contributed by atoms with Crippen LogP contribution in [-0.4, -0.2) is 4.57 Å². The summed E-state index contributed by atoms with van der Waals surface area (Å²) in [5.41, 5.74) is 16.7. The third-order valence-electron chi connectivity index (χ3n) is 12.5. The molecule has 2 aromatic heterocycles. The zero-order valence-electron chi connectivity index (χ0n) is 32.5. The quantitative estimate of drug-likeness (QED) is 0.169. The van der Waals surface area contributed by atoms with E-state index in [9.17, 15) is 0 Å². The summed E-state index contributed by atoms with van der Waals surface area (Å²) in [6.45, 7) is 2.20. The van der Waals surface area contributed by atoms with E-state index < -0.39 is 5.41 Å². The first kappa shape index (κ1) is 33.5. The molecule has 0 saturated heterocycles. The predicted molar refractivity (Wildman–Crippen MR) is 245 cm³/mol. The number of furan rings is 1. The van der Waals surface area contributed by atoms with Gasteiger partial charge in [0, 0.05) is 50.4 Å². The fourth-order valence-electron chi connectivity index (χ4n) is 10.0. The molecule has 0 aliphatic heterocycles. The van der Waals surface area contributed by atoms with Gasteiger partial charge in [-0.2, -0.15) is 0 Å². The fraction of sp³-hybridized carbons (Fsp3) is 0.0357. The predicted octanol–water partition coefficient (Wildman–Crippen LogP) is 14.8. The Morgan fingerprint density at radius 2 is 1.03 bits per heavy atom. The zero-order valence-corrected chi connectivity index (χ0v) is 32.5. The van der Waals surface area contributed by atoms with Crippen molar-refractivity contribution < 1.29 is 4.42 Å². The van der Waals surface area contributed by atoms with E-state index in [-0.39, 0.29) is 0 Å². The van der Waals surface area contributed by atoms with E-state index in [2.05, 4.69) is 223 Å². The smallest absolute Gasteiger partial charge is 0.137 e. The second-order valence-corrected chi connectivity index (χ2v) is 15.8. The van der Waals surface area contributed by atoms with Gasteiger partial charge in [-0.15, -0.1) is 0 Å². The lowest BCUT2D eigenvalue weighted by molar-refractivity contribution is 0.669. The van der Waals surface area contributed by atoms with Gasteiger partial charge in [0.05, 0.1) is 16.4 Å². The van der Waals surface area contributed by atoms with Crippen molar-refractivity contribution in [3.05, 3.63) is 240 Å². The van der Waals surface area contributed by atoms with Crippen LogP contribution in [0.15, 0.2) is 217 Å². The van der Waals surface area contributed by atoms with E-state index >= 15 is 0 Å². The second-order valence-electron chi connectivity index (χ2n) is 15.8. The minimum Gasteiger partial charge on any atom is -0.456 e. The largest absolute Gasteiger partial charge is 0.456 e. The Kier molecular flexibility index (Phi) is 7.36. The van der Waals surface area contributed by atoms with Gasteiger partial charge in [-0.1, -0.05) is 145 Å². The molecular weight excluding hydrogens is 717 g/mol. The molecule has 278 valence electrons. The molecule has 3 nitrogen and oxygen atoms in total. The first-order valence-electron chi connectivity index (χ1n) is 20.3. The Hall–Kier alpha value is -7.62. The van der Waals surface area contributed by atoms with E-state index in [1.54, 1.807) is 0 Å². The summed E-state index contributed by atoms with van der Waals surface area (Å²) in [5.74, 6) is 0. The van der Waals surface area contributed by atoms with Crippen molar-refractivity contribution in [2.24, 2.45) is 0 Å². The maximum Gasteiger partial charge on any atom is 0.137 e. The molecule has 59 heavy (non-hydrogen) atoms. The molecule has 0 radical (unpaired) electrons. The highest BCUT2D eigenvalue weighted by atomic mass is 16.3. The maximum atomic E-state index is 6.54. The number of rotatable bonds is 6. The van der Waals surface area contributed by atoms with Crippen molar-refractivity contribution in [2.75, 3.05) is 4.90 Å². The minimum absolute atomic E-state index is 0.531. The van der Waals surface area contributed by atoms with Gasteiger partial charge in [0.15, 0.2) is 0 Å². The van der Waals surface area contributed by atoms with Crippen LogP contribution in [0, 0.1) is 6.92 Å². The normalized spacial score (nSPS) is 14.6. The summed E-state index contributed by atoms with van der Waals surface area (Å²) in [6, 6.07) is 77.5. The number of hydrogen-bond acceptors (Lipinski definition) is 2. The molecule has 12 rings (SSSR count). The maximum absolute atomic E-state index is 6.54. The number of para-hydroxylation sites is 3. The molecule has 0 amide bonds. The molecule has 9 aromatic carbocycles. The number of benzene rings is 9. The van der Waals surface area contributed by atoms with Gasteiger partial charge in [0.25, 0.3) is 0 Å². The molecule has 1 atom stereocenters. The number of aromatic nitrogens is 1. The third-order valence-corrected chi connectivity index (χ3v) is 12.5. The van der Waals surface area contributed by atoms with Gasteiger partial charge in [0.1, 0.15) is 11.2 Å². The molecule has 1 aliphatic carbocycles. The average Bonchev–Trinajstić information content (AvgIpc) is 3.93. The first-order valence-corrected chi connectivity index (χ1v) is 20.3. The SMILES string of the molecule is Cc1cccc(C2(c3ccccc3)c3ccccc3-c3ccc(N(c4ccc5c(c4)oc4ccccc45)c4ccc5c(c4)c4ccccc4n5-c4ccccc4)cc32)c1. The lowest BCUT2D eigenvalue weighted by Crippen LogP contribution is -2.29. The molecule has 1 unspecified atom stereocenters. The molecule has 3 heteroatoms. The monoisotopic (exact) mass is 754 g/mol. The Morgan fingerprint density at radius 1 is 0.407 bits per heavy atom. The van der Waals surface area contributed by atoms with Crippen molar-refractivity contribution in [3.8, 4) is 16.8 Å². The van der Waals surface area contributed by atoms with Gasteiger partial charge in [0.2, 0.25) is 0 Å². The van der Waals surface area contributed by atoms with Gasteiger partial charge in [-0.25, -0.2) is 0 Å². The number of aryl methyl sites for hydroxylation is 1. The van der Waals surface area contributed by atoms with Crippen LogP contribution in [0.3, 0.4) is 0 Å². The van der Waals surface area contributed by atoms with Crippen LogP contribution >= 0.6 is 0 Å². The summed E-state index contributed by atoms with van der Waals surface area (Å²) < 4.78 is 8.92. The summed E-state index contributed by atoms with van der Waals surface area (Å²) in [6.07, 6.45) is 0. The third kappa shape index (κ3) is 4.95. The average molecular weight is 755 g/mol. The highest BCUT2D eigenvalue weighted by Crippen LogP contribution is 2.57. The Bertz CT molecular complexity index is 3410. The Balaban J connectivity index is 1.14. The van der Waals surface area contributed by atoms with Crippen molar-refractivity contribution in [1.82, 2.24) is 4.57 Å². The van der Waals surface area contributed by atoms with Crippen LogP contribution in [0.1, 0.15) is 27.8 Å². The lowest BCUT2D eigenvalue weighted by Gasteiger charge is -2.35. The van der Waals surface area contributed by atoms with Crippen LogP contribution in [0.2, 0.25) is 0 Å². The van der Waals surface area contributed by atoms with Crippen LogP contribution in [0.5, 0.6) is 0 Å². The van der Waals surface area contributed by atoms with Crippen molar-refractivity contribution in [1.29, 1.82) is 0 Å². The highest BCUT2D eigenvalue weighted by molar-refractivity contribution is 6.11. The fourth-order valence-corrected chi connectivity index (χ4v) is 10.0. The molecule has 0 fully saturated rings. The summed E-state index contributed by atoms with van der Waals surface area (Å²) >= 11 is 0. The van der Waals surface area contributed by atoms with Gasteiger partial charge >= 0.3 is 0 Å². The molecule has 0 N–H and O–H groups in total. The van der Waals surface area contributed by atoms with Crippen LogP contribution in [0.4, 0.5) is 17.1 Å². The standard InChI is InChI=1S/C56H38N2O/c1-37-15-14-18-39(33-37)56(38-16-4-2-5-17-38)50-24-11-8-21-44(50)45-30-27-42(35-51(45)56)57(43-28-31-48-47-23-10-13-26-54(47)59-55(48)36-43)41-29-32-53-49(34-41)46-22-9-12-25-52(46)58(53)40-19-6-3-7-20-40/h2-36H,1H3. The molecular formula is C56H38N2O. The Labute approximate surface area is 342 Å². The molecule has 0 bridgehead atoms. The molecule has 2 heterocycles. The molecule has 1 aliphatic rings. The van der Waals surface area contributed by atoms with E-state index in [4.69, 9.17) is 4.42 Å².